The third kappa shape index (κ3) is 4.55. The summed E-state index contributed by atoms with van der Waals surface area (Å²) in [5.41, 5.74) is -0.453. The standard InChI is InChI=1S/C14H25NO/c1-3-5-6-11-15-12-14(16)9-7-13(4-2)8-10-14/h13,15-16H,4,6-12H2,1-2H3. The Balaban J connectivity index is 2.17. The van der Waals surface area contributed by atoms with Crippen LogP contribution in [0.3, 0.4) is 0 Å². The van der Waals surface area contributed by atoms with Gasteiger partial charge < -0.3 is 10.4 Å². The Bertz CT molecular complexity index is 243. The topological polar surface area (TPSA) is 32.3 Å². The highest BCUT2D eigenvalue weighted by Crippen LogP contribution is 2.33. The summed E-state index contributed by atoms with van der Waals surface area (Å²) in [6, 6.07) is 0. The van der Waals surface area contributed by atoms with E-state index in [-0.39, 0.29) is 0 Å². The van der Waals surface area contributed by atoms with Crippen molar-refractivity contribution in [2.75, 3.05) is 13.1 Å². The zero-order valence-corrected chi connectivity index (χ0v) is 10.7. The van der Waals surface area contributed by atoms with E-state index in [0.29, 0.717) is 0 Å². The molecule has 0 aromatic carbocycles. The van der Waals surface area contributed by atoms with Gasteiger partial charge in [0.1, 0.15) is 0 Å². The molecule has 1 rings (SSSR count). The van der Waals surface area contributed by atoms with Crippen LogP contribution in [0.4, 0.5) is 0 Å². The highest BCUT2D eigenvalue weighted by atomic mass is 16.3. The van der Waals surface area contributed by atoms with Gasteiger partial charge >= 0.3 is 0 Å². The zero-order valence-electron chi connectivity index (χ0n) is 10.7. The summed E-state index contributed by atoms with van der Waals surface area (Å²) in [6.45, 7) is 5.73. The zero-order chi connectivity index (χ0) is 11.9. The summed E-state index contributed by atoms with van der Waals surface area (Å²) < 4.78 is 0. The molecule has 0 unspecified atom stereocenters. The van der Waals surface area contributed by atoms with Crippen molar-refractivity contribution in [3.63, 3.8) is 0 Å². The predicted octanol–water partition coefficient (Wildman–Crippen LogP) is 2.32. The van der Waals surface area contributed by atoms with Gasteiger partial charge in [-0.15, -0.1) is 11.8 Å². The normalized spacial score (nSPS) is 29.6. The summed E-state index contributed by atoms with van der Waals surface area (Å²) in [5.74, 6) is 6.74. The summed E-state index contributed by atoms with van der Waals surface area (Å²) in [7, 11) is 0. The molecule has 0 bridgehead atoms. The first-order valence-electron chi connectivity index (χ1n) is 6.53. The number of rotatable bonds is 5. The number of nitrogens with one attached hydrogen (secondary N) is 1. The van der Waals surface area contributed by atoms with Crippen LogP contribution in [0.1, 0.15) is 52.4 Å². The molecule has 2 N–H and O–H groups in total. The lowest BCUT2D eigenvalue weighted by molar-refractivity contribution is -0.00829. The first-order valence-corrected chi connectivity index (χ1v) is 6.53. The van der Waals surface area contributed by atoms with Crippen LogP contribution in [0, 0.1) is 17.8 Å². The van der Waals surface area contributed by atoms with Crippen LogP contribution in [0.25, 0.3) is 0 Å². The van der Waals surface area contributed by atoms with Crippen LogP contribution in [0.15, 0.2) is 0 Å². The van der Waals surface area contributed by atoms with Crippen LogP contribution in [0.5, 0.6) is 0 Å². The Morgan fingerprint density at radius 2 is 2.06 bits per heavy atom. The summed E-state index contributed by atoms with van der Waals surface area (Å²) in [5, 5.41) is 13.7. The monoisotopic (exact) mass is 223 g/mol. The molecule has 2 heteroatoms. The SMILES string of the molecule is CC#CCCNCC1(O)CCC(CC)CC1. The molecular formula is C14H25NO. The smallest absolute Gasteiger partial charge is 0.0771 e. The maximum atomic E-state index is 10.3. The largest absolute Gasteiger partial charge is 0.389 e. The van der Waals surface area contributed by atoms with Crippen molar-refractivity contribution in [2.45, 2.75) is 58.0 Å². The Morgan fingerprint density at radius 3 is 2.62 bits per heavy atom. The van der Waals surface area contributed by atoms with Gasteiger partial charge in [-0.1, -0.05) is 13.3 Å². The van der Waals surface area contributed by atoms with E-state index in [0.717, 1.165) is 38.3 Å². The van der Waals surface area contributed by atoms with E-state index >= 15 is 0 Å². The summed E-state index contributed by atoms with van der Waals surface area (Å²) >= 11 is 0. The minimum Gasteiger partial charge on any atom is -0.389 e. The molecule has 1 aliphatic carbocycles. The van der Waals surface area contributed by atoms with E-state index in [4.69, 9.17) is 0 Å². The van der Waals surface area contributed by atoms with Crippen molar-refractivity contribution in [1.82, 2.24) is 5.32 Å². The average molecular weight is 223 g/mol. The fourth-order valence-electron chi connectivity index (χ4n) is 2.40. The van der Waals surface area contributed by atoms with Gasteiger partial charge in [-0.05, 0) is 38.5 Å². The Labute approximate surface area is 99.8 Å². The molecule has 0 heterocycles. The molecule has 0 aromatic heterocycles. The molecule has 0 spiro atoms. The highest BCUT2D eigenvalue weighted by Gasteiger charge is 2.31. The lowest BCUT2D eigenvalue weighted by Gasteiger charge is -2.36. The van der Waals surface area contributed by atoms with Crippen molar-refractivity contribution in [2.24, 2.45) is 5.92 Å². The van der Waals surface area contributed by atoms with Crippen LogP contribution < -0.4 is 5.32 Å². The molecule has 0 saturated heterocycles. The first kappa shape index (κ1) is 13.5. The van der Waals surface area contributed by atoms with E-state index in [2.05, 4.69) is 24.1 Å². The molecule has 0 aromatic rings. The summed E-state index contributed by atoms with van der Waals surface area (Å²) in [4.78, 5) is 0. The van der Waals surface area contributed by atoms with Crippen molar-refractivity contribution < 1.29 is 5.11 Å². The molecule has 0 atom stereocenters. The van der Waals surface area contributed by atoms with Gasteiger partial charge in [0, 0.05) is 19.5 Å². The van der Waals surface area contributed by atoms with Crippen molar-refractivity contribution in [3.05, 3.63) is 0 Å². The molecule has 16 heavy (non-hydrogen) atoms. The highest BCUT2D eigenvalue weighted by molar-refractivity contribution is 4.95. The first-order chi connectivity index (χ1) is 7.70. The van der Waals surface area contributed by atoms with E-state index in [1.807, 2.05) is 6.92 Å². The van der Waals surface area contributed by atoms with E-state index in [1.54, 1.807) is 0 Å². The van der Waals surface area contributed by atoms with Crippen molar-refractivity contribution in [1.29, 1.82) is 0 Å². The quantitative estimate of drug-likeness (QED) is 0.554. The average Bonchev–Trinajstić information content (AvgIpc) is 2.30. The number of hydrogen-bond donors (Lipinski definition) is 2. The van der Waals surface area contributed by atoms with Gasteiger partial charge in [-0.25, -0.2) is 0 Å². The minimum atomic E-state index is -0.453. The second-order valence-electron chi connectivity index (χ2n) is 4.93. The van der Waals surface area contributed by atoms with E-state index in [9.17, 15) is 5.11 Å². The molecular weight excluding hydrogens is 198 g/mol. The second kappa shape index (κ2) is 6.93. The van der Waals surface area contributed by atoms with Crippen LogP contribution in [0.2, 0.25) is 0 Å². The Kier molecular flexibility index (Phi) is 5.87. The maximum Gasteiger partial charge on any atom is 0.0771 e. The van der Waals surface area contributed by atoms with Gasteiger partial charge in [0.2, 0.25) is 0 Å². The molecule has 0 radical (unpaired) electrons. The fraction of sp³-hybridized carbons (Fsp3) is 0.857. The van der Waals surface area contributed by atoms with Crippen LogP contribution >= 0.6 is 0 Å². The molecule has 1 fully saturated rings. The van der Waals surface area contributed by atoms with Crippen LogP contribution in [-0.4, -0.2) is 23.8 Å². The lowest BCUT2D eigenvalue weighted by atomic mass is 9.78. The fourth-order valence-corrected chi connectivity index (χ4v) is 2.40. The predicted molar refractivity (Wildman–Crippen MR) is 68.1 cm³/mol. The number of hydrogen-bond acceptors (Lipinski definition) is 2. The van der Waals surface area contributed by atoms with Gasteiger partial charge in [0.05, 0.1) is 5.60 Å². The van der Waals surface area contributed by atoms with Crippen molar-refractivity contribution >= 4 is 0 Å². The summed E-state index contributed by atoms with van der Waals surface area (Å²) in [6.07, 6.45) is 6.42. The third-order valence-corrected chi connectivity index (χ3v) is 3.67. The molecule has 2 nitrogen and oxygen atoms in total. The van der Waals surface area contributed by atoms with Gasteiger partial charge in [-0.3, -0.25) is 0 Å². The van der Waals surface area contributed by atoms with Crippen molar-refractivity contribution in [3.8, 4) is 11.8 Å². The van der Waals surface area contributed by atoms with Gasteiger partial charge in [0.15, 0.2) is 0 Å². The van der Waals surface area contributed by atoms with Gasteiger partial charge in [-0.2, -0.15) is 0 Å². The molecule has 92 valence electrons. The molecule has 0 amide bonds. The molecule has 1 saturated carbocycles. The minimum absolute atomic E-state index is 0.453. The third-order valence-electron chi connectivity index (χ3n) is 3.67. The van der Waals surface area contributed by atoms with Crippen LogP contribution in [-0.2, 0) is 0 Å². The van der Waals surface area contributed by atoms with E-state index < -0.39 is 5.60 Å². The Hall–Kier alpha value is -0.520. The maximum absolute atomic E-state index is 10.3. The van der Waals surface area contributed by atoms with E-state index in [1.165, 1.54) is 19.3 Å². The molecule has 0 aliphatic heterocycles. The number of aliphatic hydroxyl groups is 1. The lowest BCUT2D eigenvalue weighted by Crippen LogP contribution is -2.43. The molecule has 1 aliphatic rings. The second-order valence-corrected chi connectivity index (χ2v) is 4.93. The van der Waals surface area contributed by atoms with Gasteiger partial charge in [0.25, 0.3) is 0 Å². The Morgan fingerprint density at radius 1 is 1.38 bits per heavy atom.